The lowest BCUT2D eigenvalue weighted by Gasteiger charge is -2.01. The zero-order valence-electron chi connectivity index (χ0n) is 19.2. The lowest BCUT2D eigenvalue weighted by atomic mass is 10.3. The molecule has 0 amide bonds. The highest BCUT2D eigenvalue weighted by molar-refractivity contribution is 5.89. The minimum Gasteiger partial charge on any atom is -0.423 e. The fourth-order valence-electron chi connectivity index (χ4n) is 1.56. The summed E-state index contributed by atoms with van der Waals surface area (Å²) in [6, 6.07) is 17.8. The molecule has 0 N–H and O–H groups in total. The van der Waals surface area contributed by atoms with E-state index in [0.29, 0.717) is 34.9 Å². The Labute approximate surface area is 190 Å². The van der Waals surface area contributed by atoms with E-state index < -0.39 is 0 Å². The lowest BCUT2D eigenvalue weighted by molar-refractivity contribution is -0.130. The monoisotopic (exact) mass is 440 g/mol. The summed E-state index contributed by atoms with van der Waals surface area (Å²) in [5.74, 6) is 0.318. The maximum atomic E-state index is 11.0. The number of hydrogen-bond donors (Lipinski definition) is 0. The number of ether oxygens (including phenoxy) is 4. The molecule has 2 aliphatic heterocycles. The predicted molar refractivity (Wildman–Crippen MR) is 125 cm³/mol. The van der Waals surface area contributed by atoms with Crippen molar-refractivity contribution in [3.63, 3.8) is 0 Å². The van der Waals surface area contributed by atoms with E-state index in [1.807, 2.05) is 12.1 Å². The Morgan fingerprint density at radius 2 is 0.969 bits per heavy atom. The van der Waals surface area contributed by atoms with E-state index >= 15 is 0 Å². The Morgan fingerprint density at radius 3 is 1.16 bits per heavy atom. The van der Waals surface area contributed by atoms with Gasteiger partial charge in [0.25, 0.3) is 0 Å². The van der Waals surface area contributed by atoms with Crippen LogP contribution in [-0.4, -0.2) is 37.4 Å². The number of carbonyl (C=O) groups is 2. The molecule has 0 radical (unpaired) electrons. The first-order chi connectivity index (χ1) is 15.2. The maximum Gasteiger partial charge on any atom is 0.338 e. The normalized spacial score (nSPS) is 16.8. The smallest absolute Gasteiger partial charge is 0.338 e. The molecule has 6 heteroatoms. The second-order valence-corrected chi connectivity index (χ2v) is 7.25. The Hall–Kier alpha value is -3.22. The summed E-state index contributed by atoms with van der Waals surface area (Å²) in [4.78, 5) is 22.0. The quantitative estimate of drug-likeness (QED) is 0.283. The van der Waals surface area contributed by atoms with Gasteiger partial charge in [0, 0.05) is 11.1 Å². The van der Waals surface area contributed by atoms with Gasteiger partial charge >= 0.3 is 11.9 Å². The highest BCUT2D eigenvalue weighted by Crippen LogP contribution is 2.10. The van der Waals surface area contributed by atoms with Gasteiger partial charge in [-0.15, -0.1) is 0 Å². The summed E-state index contributed by atoms with van der Waals surface area (Å²) >= 11 is 0. The average Bonchev–Trinajstić information content (AvgIpc) is 3.71. The Bertz CT molecular complexity index is 779. The summed E-state index contributed by atoms with van der Waals surface area (Å²) in [6.45, 7) is 16.3. The number of carbonyl (C=O) groups excluding carboxylic acids is 2. The first kappa shape index (κ1) is 26.8. The van der Waals surface area contributed by atoms with Gasteiger partial charge in [-0.3, -0.25) is 0 Å². The molecule has 0 bridgehead atoms. The van der Waals surface area contributed by atoms with Gasteiger partial charge in [-0.1, -0.05) is 49.6 Å². The molecule has 172 valence electrons. The zero-order valence-corrected chi connectivity index (χ0v) is 19.2. The van der Waals surface area contributed by atoms with Gasteiger partial charge in [0.1, 0.15) is 11.5 Å². The number of para-hydroxylation sites is 2. The summed E-state index contributed by atoms with van der Waals surface area (Å²) < 4.78 is 19.3. The van der Waals surface area contributed by atoms with E-state index in [2.05, 4.69) is 27.0 Å². The molecule has 32 heavy (non-hydrogen) atoms. The number of esters is 2. The highest BCUT2D eigenvalue weighted by Gasteiger charge is 2.13. The molecule has 2 heterocycles. The van der Waals surface area contributed by atoms with Crippen LogP contribution in [0.1, 0.15) is 27.7 Å². The molecule has 0 aromatic heterocycles. The van der Waals surface area contributed by atoms with Crippen molar-refractivity contribution in [2.45, 2.75) is 39.9 Å². The minimum absolute atomic E-state index is 0.388. The molecule has 2 fully saturated rings. The van der Waals surface area contributed by atoms with Crippen LogP contribution >= 0.6 is 0 Å². The Morgan fingerprint density at radius 1 is 0.719 bits per heavy atom. The van der Waals surface area contributed by atoms with Crippen LogP contribution in [0.4, 0.5) is 0 Å². The van der Waals surface area contributed by atoms with Gasteiger partial charge in [0.05, 0.1) is 25.4 Å². The van der Waals surface area contributed by atoms with Crippen LogP contribution < -0.4 is 9.47 Å². The highest BCUT2D eigenvalue weighted by atomic mass is 16.6. The van der Waals surface area contributed by atoms with E-state index in [0.717, 1.165) is 13.2 Å². The van der Waals surface area contributed by atoms with Crippen molar-refractivity contribution in [2.24, 2.45) is 0 Å². The summed E-state index contributed by atoms with van der Waals surface area (Å²) in [5.41, 5.74) is 0.803. The number of rotatable bonds is 4. The van der Waals surface area contributed by atoms with Crippen LogP contribution in [0.3, 0.4) is 0 Å². The van der Waals surface area contributed by atoms with Crippen LogP contribution in [0.5, 0.6) is 11.5 Å². The van der Waals surface area contributed by atoms with Gasteiger partial charge < -0.3 is 18.9 Å². The van der Waals surface area contributed by atoms with Crippen LogP contribution in [0.25, 0.3) is 0 Å². The molecule has 4 rings (SSSR count). The Kier molecular flexibility index (Phi) is 12.3. The largest absolute Gasteiger partial charge is 0.423 e. The van der Waals surface area contributed by atoms with Crippen molar-refractivity contribution in [2.75, 3.05) is 13.2 Å². The van der Waals surface area contributed by atoms with Gasteiger partial charge in [0.2, 0.25) is 0 Å². The van der Waals surface area contributed by atoms with Crippen molar-refractivity contribution in [1.82, 2.24) is 0 Å². The molecule has 0 saturated carbocycles. The van der Waals surface area contributed by atoms with E-state index in [4.69, 9.17) is 18.9 Å². The summed E-state index contributed by atoms with van der Waals surface area (Å²) in [6.07, 6.45) is 1.17. The first-order valence-electron chi connectivity index (χ1n) is 10.3. The average molecular weight is 441 g/mol. The summed E-state index contributed by atoms with van der Waals surface area (Å²) in [5, 5.41) is 0. The molecule has 2 unspecified atom stereocenters. The number of benzene rings is 2. The molecule has 0 spiro atoms. The fraction of sp³-hybridized carbons (Fsp3) is 0.308. The van der Waals surface area contributed by atoms with E-state index in [-0.39, 0.29) is 11.9 Å². The maximum absolute atomic E-state index is 11.0. The van der Waals surface area contributed by atoms with Gasteiger partial charge in [-0.25, -0.2) is 9.59 Å². The zero-order chi connectivity index (χ0) is 23.9. The Balaban J connectivity index is 0.000000238. The number of hydrogen-bond acceptors (Lipinski definition) is 6. The van der Waals surface area contributed by atoms with Gasteiger partial charge in [-0.2, -0.15) is 0 Å². The van der Waals surface area contributed by atoms with Gasteiger partial charge in [-0.05, 0) is 52.0 Å². The van der Waals surface area contributed by atoms with E-state index in [1.165, 1.54) is 0 Å². The second kappa shape index (κ2) is 14.7. The van der Waals surface area contributed by atoms with Crippen LogP contribution in [-0.2, 0) is 19.1 Å². The molecular weight excluding hydrogens is 408 g/mol. The molecule has 2 aromatic rings. The second-order valence-electron chi connectivity index (χ2n) is 7.25. The molecular formula is C26H32O6. The third-order valence-corrected chi connectivity index (χ3v) is 3.60. The van der Waals surface area contributed by atoms with Crippen LogP contribution in [0.2, 0.25) is 0 Å². The SMILES string of the molecule is C=C(C)C(=O)Oc1ccccc1.C=C(C)C(=O)Oc1ccccc1.CC1CO1.CC1CO1. The van der Waals surface area contributed by atoms with Crippen molar-refractivity contribution >= 4 is 11.9 Å². The predicted octanol–water partition coefficient (Wildman–Crippen LogP) is 5.15. The third kappa shape index (κ3) is 14.7. The molecule has 2 saturated heterocycles. The first-order valence-corrected chi connectivity index (χ1v) is 10.3. The number of epoxide rings is 2. The minimum atomic E-state index is -0.388. The van der Waals surface area contributed by atoms with E-state index in [1.54, 1.807) is 62.4 Å². The van der Waals surface area contributed by atoms with Crippen LogP contribution in [0.15, 0.2) is 85.0 Å². The molecule has 2 aliphatic rings. The van der Waals surface area contributed by atoms with Crippen molar-refractivity contribution < 1.29 is 28.5 Å². The van der Waals surface area contributed by atoms with Crippen molar-refractivity contribution in [1.29, 1.82) is 0 Å². The van der Waals surface area contributed by atoms with Crippen molar-refractivity contribution in [3.05, 3.63) is 85.0 Å². The fourth-order valence-corrected chi connectivity index (χ4v) is 1.56. The van der Waals surface area contributed by atoms with Crippen molar-refractivity contribution in [3.8, 4) is 11.5 Å². The molecule has 6 nitrogen and oxygen atoms in total. The third-order valence-electron chi connectivity index (χ3n) is 3.60. The molecule has 2 atom stereocenters. The summed E-state index contributed by atoms with van der Waals surface area (Å²) in [7, 11) is 0. The van der Waals surface area contributed by atoms with E-state index in [9.17, 15) is 9.59 Å². The topological polar surface area (TPSA) is 77.7 Å². The standard InChI is InChI=1S/2C10H10O2.2C3H6O/c2*1-8(2)10(11)12-9-6-4-3-5-7-9;2*1-3-2-4-3/h2*3-7H,1H2,2H3;2*3H,2H2,1H3. The van der Waals surface area contributed by atoms with Gasteiger partial charge in [0.15, 0.2) is 0 Å². The lowest BCUT2D eigenvalue weighted by Crippen LogP contribution is -2.07. The molecule has 0 aliphatic carbocycles. The van der Waals surface area contributed by atoms with Crippen LogP contribution in [0, 0.1) is 0 Å². The molecule has 2 aromatic carbocycles.